The molecule has 1 aromatic carbocycles. The lowest BCUT2D eigenvalue weighted by Crippen LogP contribution is -2.45. The van der Waals surface area contributed by atoms with Crippen LogP contribution < -0.4 is 0 Å². The quantitative estimate of drug-likeness (QED) is 0.675. The summed E-state index contributed by atoms with van der Waals surface area (Å²) < 4.78 is 5.65. The van der Waals surface area contributed by atoms with E-state index in [4.69, 9.17) is 9.51 Å². The van der Waals surface area contributed by atoms with Gasteiger partial charge in [0, 0.05) is 28.7 Å². The Hall–Kier alpha value is -2.49. The Kier molecular flexibility index (Phi) is 3.49. The van der Waals surface area contributed by atoms with Gasteiger partial charge in [-0.2, -0.15) is 0 Å². The van der Waals surface area contributed by atoms with E-state index in [-0.39, 0.29) is 5.41 Å². The van der Waals surface area contributed by atoms with E-state index in [1.54, 1.807) is 0 Å². The molecule has 0 bridgehead atoms. The van der Waals surface area contributed by atoms with Gasteiger partial charge in [-0.1, -0.05) is 49.3 Å². The smallest absolute Gasteiger partial charge is 0.159 e. The van der Waals surface area contributed by atoms with E-state index in [1.807, 2.05) is 24.4 Å². The van der Waals surface area contributed by atoms with Gasteiger partial charge >= 0.3 is 0 Å². The maximum Gasteiger partial charge on any atom is 0.159 e. The molecule has 132 valence electrons. The molecule has 26 heavy (non-hydrogen) atoms. The first-order chi connectivity index (χ1) is 12.7. The van der Waals surface area contributed by atoms with Crippen LogP contribution in [0, 0.1) is 5.92 Å². The number of benzene rings is 1. The van der Waals surface area contributed by atoms with Gasteiger partial charge in [-0.15, -0.1) is 0 Å². The van der Waals surface area contributed by atoms with Crippen molar-refractivity contribution in [3.63, 3.8) is 0 Å². The van der Waals surface area contributed by atoms with Crippen LogP contribution in [0.25, 0.3) is 11.4 Å². The zero-order valence-corrected chi connectivity index (χ0v) is 15.3. The summed E-state index contributed by atoms with van der Waals surface area (Å²) in [6, 6.07) is 10.3. The largest absolute Gasteiger partial charge is 0.361 e. The molecule has 0 spiro atoms. The van der Waals surface area contributed by atoms with Crippen LogP contribution >= 0.6 is 0 Å². The molecule has 0 saturated heterocycles. The van der Waals surface area contributed by atoms with E-state index in [2.05, 4.69) is 42.3 Å². The van der Waals surface area contributed by atoms with Crippen molar-refractivity contribution in [1.82, 2.24) is 15.1 Å². The van der Waals surface area contributed by atoms with Crippen LogP contribution in [-0.2, 0) is 18.3 Å². The van der Waals surface area contributed by atoms with Crippen LogP contribution in [0.3, 0.4) is 0 Å². The van der Waals surface area contributed by atoms with Gasteiger partial charge in [0.05, 0.1) is 11.9 Å². The summed E-state index contributed by atoms with van der Waals surface area (Å²) in [5.41, 5.74) is 4.88. The summed E-state index contributed by atoms with van der Waals surface area (Å²) in [4.78, 5) is 9.77. The van der Waals surface area contributed by atoms with Crippen LogP contribution in [0.2, 0.25) is 0 Å². The highest BCUT2D eigenvalue weighted by Crippen LogP contribution is 2.54. The lowest BCUT2D eigenvalue weighted by Gasteiger charge is -2.48. The third kappa shape index (κ3) is 2.17. The van der Waals surface area contributed by atoms with Gasteiger partial charge in [-0.05, 0) is 37.2 Å². The van der Waals surface area contributed by atoms with Gasteiger partial charge in [0.15, 0.2) is 5.82 Å². The number of aromatic nitrogens is 3. The molecule has 0 unspecified atom stereocenters. The van der Waals surface area contributed by atoms with Crippen LogP contribution in [0.1, 0.15) is 55.2 Å². The minimum Gasteiger partial charge on any atom is -0.361 e. The van der Waals surface area contributed by atoms with Gasteiger partial charge in [0.1, 0.15) is 5.76 Å². The third-order valence-corrected chi connectivity index (χ3v) is 6.48. The number of hydrogen-bond acceptors (Lipinski definition) is 4. The molecule has 0 amide bonds. The van der Waals surface area contributed by atoms with Crippen molar-refractivity contribution < 1.29 is 4.52 Å². The van der Waals surface area contributed by atoms with Crippen molar-refractivity contribution in [3.8, 4) is 11.4 Å². The van der Waals surface area contributed by atoms with Gasteiger partial charge in [0.25, 0.3) is 0 Å². The van der Waals surface area contributed by atoms with E-state index in [0.717, 1.165) is 42.8 Å². The van der Waals surface area contributed by atoms with Crippen LogP contribution in [0.5, 0.6) is 0 Å². The molecule has 3 atom stereocenters. The topological polar surface area (TPSA) is 51.8 Å². The number of nitrogens with zero attached hydrogens (tertiary/aromatic N) is 3. The fraction of sp³-hybridized carbons (Fsp3) is 0.409. The second kappa shape index (κ2) is 5.76. The maximum absolute atomic E-state index is 5.65. The van der Waals surface area contributed by atoms with E-state index in [9.17, 15) is 0 Å². The average Bonchev–Trinajstić information content (AvgIpc) is 3.14. The summed E-state index contributed by atoms with van der Waals surface area (Å²) in [6.45, 7) is 4.64. The molecule has 2 heterocycles. The summed E-state index contributed by atoms with van der Waals surface area (Å²) in [7, 11) is 0. The molecule has 2 aromatic heterocycles. The lowest BCUT2D eigenvalue weighted by atomic mass is 9.56. The van der Waals surface area contributed by atoms with Crippen molar-refractivity contribution >= 4 is 0 Å². The summed E-state index contributed by atoms with van der Waals surface area (Å²) >= 11 is 0. The molecular weight excluding hydrogens is 322 g/mol. The normalized spacial score (nSPS) is 26.7. The highest BCUT2D eigenvalue weighted by molar-refractivity contribution is 5.55. The van der Waals surface area contributed by atoms with Crippen molar-refractivity contribution in [2.24, 2.45) is 5.92 Å². The molecular formula is C22H23N3O. The summed E-state index contributed by atoms with van der Waals surface area (Å²) in [6.07, 6.45) is 8.20. The molecule has 0 aliphatic heterocycles. The van der Waals surface area contributed by atoms with Crippen molar-refractivity contribution in [2.45, 2.75) is 50.9 Å². The molecule has 3 aromatic rings. The first-order valence-electron chi connectivity index (χ1n) is 9.56. The Bertz CT molecular complexity index is 949. The van der Waals surface area contributed by atoms with Gasteiger partial charge in [-0.3, -0.25) is 0 Å². The first-order valence-corrected chi connectivity index (χ1v) is 9.56. The van der Waals surface area contributed by atoms with Crippen molar-refractivity contribution in [3.05, 3.63) is 65.3 Å². The predicted octanol–water partition coefficient (Wildman–Crippen LogP) is 4.70. The number of hydrogen-bond donors (Lipinski definition) is 0. The molecule has 5 rings (SSSR count). The number of fused-ring (bicyclic) bond motifs is 4. The fourth-order valence-electron chi connectivity index (χ4n) is 5.23. The molecule has 0 fully saturated rings. The monoisotopic (exact) mass is 345 g/mol. The lowest BCUT2D eigenvalue weighted by molar-refractivity contribution is 0.160. The van der Waals surface area contributed by atoms with Gasteiger partial charge in [-0.25, -0.2) is 9.97 Å². The molecule has 0 N–H and O–H groups in total. The molecule has 0 radical (unpaired) electrons. The Labute approximate surface area is 153 Å². The second-order valence-corrected chi connectivity index (χ2v) is 7.90. The molecule has 2 aliphatic carbocycles. The molecule has 4 nitrogen and oxygen atoms in total. The van der Waals surface area contributed by atoms with Crippen LogP contribution in [-0.4, -0.2) is 15.1 Å². The highest BCUT2D eigenvalue weighted by atomic mass is 16.5. The Morgan fingerprint density at radius 2 is 2.00 bits per heavy atom. The van der Waals surface area contributed by atoms with Gasteiger partial charge < -0.3 is 4.52 Å². The zero-order chi connectivity index (χ0) is 17.7. The average molecular weight is 345 g/mol. The summed E-state index contributed by atoms with van der Waals surface area (Å²) in [5, 5.41) is 4.10. The summed E-state index contributed by atoms with van der Waals surface area (Å²) in [5.74, 6) is 2.90. The molecule has 4 heteroatoms. The van der Waals surface area contributed by atoms with Crippen molar-refractivity contribution in [1.29, 1.82) is 0 Å². The number of rotatable bonds is 2. The van der Waals surface area contributed by atoms with E-state index >= 15 is 0 Å². The van der Waals surface area contributed by atoms with E-state index in [0.29, 0.717) is 11.8 Å². The minimum atomic E-state index is 0.0132. The molecule has 2 aliphatic rings. The Balaban J connectivity index is 1.66. The van der Waals surface area contributed by atoms with E-state index in [1.165, 1.54) is 16.8 Å². The first kappa shape index (κ1) is 15.7. The Morgan fingerprint density at radius 3 is 2.81 bits per heavy atom. The van der Waals surface area contributed by atoms with Gasteiger partial charge in [0.2, 0.25) is 0 Å². The second-order valence-electron chi connectivity index (χ2n) is 7.90. The standard InChI is InChI=1S/C22H23N3O/c1-3-17-18-10-9-15-12-23-21(14-7-5-4-6-8-14)25-20(15)22(18,2)11-16-13-24-26-19(16)17/h4-8,12-13,17-18H,3,9-11H2,1-2H3/t17-,18-,22-/m0/s1. The number of aryl methyl sites for hydroxylation is 1. The van der Waals surface area contributed by atoms with Crippen LogP contribution in [0.15, 0.2) is 47.2 Å². The Morgan fingerprint density at radius 1 is 1.15 bits per heavy atom. The molecule has 0 saturated carbocycles. The fourth-order valence-corrected chi connectivity index (χ4v) is 5.23. The van der Waals surface area contributed by atoms with Crippen LogP contribution in [0.4, 0.5) is 0 Å². The predicted molar refractivity (Wildman–Crippen MR) is 99.9 cm³/mol. The van der Waals surface area contributed by atoms with E-state index < -0.39 is 0 Å². The zero-order valence-electron chi connectivity index (χ0n) is 15.3. The highest BCUT2D eigenvalue weighted by Gasteiger charge is 2.50. The maximum atomic E-state index is 5.65. The minimum absolute atomic E-state index is 0.0132. The third-order valence-electron chi connectivity index (χ3n) is 6.48. The SMILES string of the molecule is CC[C@@H]1c2oncc2C[C@]2(C)c3nc(-c4ccccc4)ncc3CC[C@@H]12. The van der Waals surface area contributed by atoms with Crippen molar-refractivity contribution in [2.75, 3.05) is 0 Å².